The Labute approximate surface area is 116 Å². The number of hydrogen-bond acceptors (Lipinski definition) is 4. The van der Waals surface area contributed by atoms with Crippen molar-refractivity contribution in [2.75, 3.05) is 5.73 Å². The van der Waals surface area contributed by atoms with Gasteiger partial charge in [0.25, 0.3) is 0 Å². The largest absolute Gasteiger partial charge is 0.368 e. The zero-order chi connectivity index (χ0) is 12.7. The van der Waals surface area contributed by atoms with Gasteiger partial charge in [-0.3, -0.25) is 0 Å². The van der Waals surface area contributed by atoms with Crippen LogP contribution in [0.2, 0.25) is 5.02 Å². The highest BCUT2D eigenvalue weighted by molar-refractivity contribution is 9.10. The van der Waals surface area contributed by atoms with Crippen LogP contribution in [0.1, 0.15) is 0 Å². The molecule has 0 atom stereocenters. The number of aromatic nitrogens is 4. The summed E-state index contributed by atoms with van der Waals surface area (Å²) < 4.78 is 0.883. The molecule has 90 valence electrons. The SMILES string of the molecule is Nc1ncc(Cl)c(-c2c[nH]c3ncc(Br)cc23)n1. The molecule has 0 amide bonds. The van der Waals surface area contributed by atoms with Gasteiger partial charge in [0.05, 0.1) is 16.9 Å². The molecule has 0 bridgehead atoms. The third-order valence-corrected chi connectivity index (χ3v) is 3.23. The molecule has 0 aliphatic carbocycles. The first-order valence-corrected chi connectivity index (χ1v) is 6.23. The van der Waals surface area contributed by atoms with Gasteiger partial charge in [0.1, 0.15) is 5.65 Å². The van der Waals surface area contributed by atoms with Gasteiger partial charge in [0, 0.05) is 27.8 Å². The van der Waals surface area contributed by atoms with Gasteiger partial charge in [-0.15, -0.1) is 0 Å². The van der Waals surface area contributed by atoms with Crippen molar-refractivity contribution in [1.29, 1.82) is 0 Å². The predicted molar refractivity (Wildman–Crippen MR) is 74.2 cm³/mol. The Bertz CT molecular complexity index is 739. The van der Waals surface area contributed by atoms with Crippen LogP contribution in [0.25, 0.3) is 22.3 Å². The number of H-pyrrole nitrogens is 1. The van der Waals surface area contributed by atoms with E-state index in [0.717, 1.165) is 21.1 Å². The minimum atomic E-state index is 0.187. The van der Waals surface area contributed by atoms with Gasteiger partial charge >= 0.3 is 0 Å². The molecule has 0 radical (unpaired) electrons. The number of anilines is 1. The molecule has 5 nitrogen and oxygen atoms in total. The van der Waals surface area contributed by atoms with Gasteiger partial charge in [-0.2, -0.15) is 0 Å². The maximum Gasteiger partial charge on any atom is 0.220 e. The highest BCUT2D eigenvalue weighted by atomic mass is 79.9. The molecule has 7 heteroatoms. The molecule has 3 rings (SSSR count). The molecular formula is C11H7BrClN5. The molecule has 0 spiro atoms. The highest BCUT2D eigenvalue weighted by Crippen LogP contribution is 2.32. The summed E-state index contributed by atoms with van der Waals surface area (Å²) >= 11 is 9.49. The van der Waals surface area contributed by atoms with Crippen molar-refractivity contribution in [3.63, 3.8) is 0 Å². The van der Waals surface area contributed by atoms with E-state index < -0.39 is 0 Å². The van der Waals surface area contributed by atoms with E-state index in [1.54, 1.807) is 12.4 Å². The maximum atomic E-state index is 6.10. The van der Waals surface area contributed by atoms with Gasteiger partial charge < -0.3 is 10.7 Å². The number of fused-ring (bicyclic) bond motifs is 1. The molecule has 3 aromatic heterocycles. The number of nitrogens with one attached hydrogen (secondary N) is 1. The third-order valence-electron chi connectivity index (χ3n) is 2.52. The summed E-state index contributed by atoms with van der Waals surface area (Å²) in [6, 6.07) is 1.95. The number of pyridine rings is 1. The molecule has 0 aliphatic heterocycles. The van der Waals surface area contributed by atoms with Crippen LogP contribution in [-0.2, 0) is 0 Å². The first kappa shape index (κ1) is 11.4. The van der Waals surface area contributed by atoms with Gasteiger partial charge in [0.2, 0.25) is 5.95 Å². The molecule has 0 unspecified atom stereocenters. The number of nitrogen functional groups attached to an aromatic ring is 1. The van der Waals surface area contributed by atoms with Gasteiger partial charge in [-0.25, -0.2) is 15.0 Å². The summed E-state index contributed by atoms with van der Waals surface area (Å²) in [5.74, 6) is 0.187. The Balaban J connectivity index is 2.31. The predicted octanol–water partition coefficient (Wildman–Crippen LogP) is 3.02. The molecular weight excluding hydrogens is 318 g/mol. The van der Waals surface area contributed by atoms with Crippen LogP contribution in [0.5, 0.6) is 0 Å². The van der Waals surface area contributed by atoms with Crippen LogP contribution >= 0.6 is 27.5 Å². The molecule has 0 saturated carbocycles. The first-order chi connectivity index (χ1) is 8.65. The Morgan fingerprint density at radius 1 is 1.28 bits per heavy atom. The van der Waals surface area contributed by atoms with E-state index in [-0.39, 0.29) is 5.95 Å². The number of hydrogen-bond donors (Lipinski definition) is 2. The second-order valence-corrected chi connectivity index (χ2v) is 5.00. The van der Waals surface area contributed by atoms with Crippen molar-refractivity contribution in [2.45, 2.75) is 0 Å². The van der Waals surface area contributed by atoms with Crippen molar-refractivity contribution < 1.29 is 0 Å². The average molecular weight is 325 g/mol. The van der Waals surface area contributed by atoms with E-state index in [9.17, 15) is 0 Å². The van der Waals surface area contributed by atoms with E-state index in [1.807, 2.05) is 6.07 Å². The van der Waals surface area contributed by atoms with E-state index in [1.165, 1.54) is 6.20 Å². The molecule has 3 N–H and O–H groups in total. The van der Waals surface area contributed by atoms with Crippen molar-refractivity contribution in [3.05, 3.63) is 34.2 Å². The number of nitrogens with zero attached hydrogens (tertiary/aromatic N) is 3. The van der Waals surface area contributed by atoms with Crippen LogP contribution in [0.4, 0.5) is 5.95 Å². The summed E-state index contributed by atoms with van der Waals surface area (Å²) in [4.78, 5) is 15.3. The maximum absolute atomic E-state index is 6.10. The summed E-state index contributed by atoms with van der Waals surface area (Å²) in [6.45, 7) is 0. The lowest BCUT2D eigenvalue weighted by Crippen LogP contribution is -1.96. The fourth-order valence-corrected chi connectivity index (χ4v) is 2.27. The van der Waals surface area contributed by atoms with Gasteiger partial charge in [-0.1, -0.05) is 11.6 Å². The Hall–Kier alpha value is -1.66. The Morgan fingerprint density at radius 3 is 2.94 bits per heavy atom. The van der Waals surface area contributed by atoms with Crippen LogP contribution < -0.4 is 5.73 Å². The fraction of sp³-hybridized carbons (Fsp3) is 0. The van der Waals surface area contributed by atoms with Gasteiger partial charge in [-0.05, 0) is 22.0 Å². The molecule has 0 aliphatic rings. The molecule has 0 aromatic carbocycles. The van der Waals surface area contributed by atoms with Crippen molar-refractivity contribution >= 4 is 44.5 Å². The van der Waals surface area contributed by atoms with E-state index in [4.69, 9.17) is 17.3 Å². The molecule has 18 heavy (non-hydrogen) atoms. The summed E-state index contributed by atoms with van der Waals surface area (Å²) in [5.41, 5.74) is 7.79. The lowest BCUT2D eigenvalue weighted by atomic mass is 10.1. The monoisotopic (exact) mass is 323 g/mol. The number of rotatable bonds is 1. The summed E-state index contributed by atoms with van der Waals surface area (Å²) in [6.07, 6.45) is 5.01. The zero-order valence-corrected chi connectivity index (χ0v) is 11.3. The van der Waals surface area contributed by atoms with Crippen LogP contribution in [0.15, 0.2) is 29.1 Å². The van der Waals surface area contributed by atoms with Crippen LogP contribution in [-0.4, -0.2) is 19.9 Å². The lowest BCUT2D eigenvalue weighted by molar-refractivity contribution is 1.19. The van der Waals surface area contributed by atoms with E-state index >= 15 is 0 Å². The van der Waals surface area contributed by atoms with Crippen molar-refractivity contribution in [3.8, 4) is 11.3 Å². The van der Waals surface area contributed by atoms with Crippen molar-refractivity contribution in [2.24, 2.45) is 0 Å². The minimum Gasteiger partial charge on any atom is -0.368 e. The number of aromatic amines is 1. The molecule has 3 heterocycles. The normalized spacial score (nSPS) is 11.0. The highest BCUT2D eigenvalue weighted by Gasteiger charge is 2.13. The number of nitrogens with two attached hydrogens (primary N) is 1. The topological polar surface area (TPSA) is 80.5 Å². The zero-order valence-electron chi connectivity index (χ0n) is 8.98. The Morgan fingerprint density at radius 2 is 2.11 bits per heavy atom. The second kappa shape index (κ2) is 4.22. The standard InChI is InChI=1S/C11H7BrClN5/c12-5-1-6-7(3-16-10(6)15-2-5)9-8(13)4-17-11(14)18-9/h1-4H,(H,15,16)(H2,14,17,18). The Kier molecular flexibility index (Phi) is 2.68. The van der Waals surface area contributed by atoms with E-state index in [2.05, 4.69) is 35.9 Å². The van der Waals surface area contributed by atoms with Gasteiger partial charge in [0.15, 0.2) is 0 Å². The smallest absolute Gasteiger partial charge is 0.220 e. The summed E-state index contributed by atoms with van der Waals surface area (Å²) in [5, 5.41) is 1.37. The average Bonchev–Trinajstić information content (AvgIpc) is 2.75. The minimum absolute atomic E-state index is 0.187. The molecule has 3 aromatic rings. The van der Waals surface area contributed by atoms with Crippen LogP contribution in [0, 0.1) is 0 Å². The number of halogens is 2. The van der Waals surface area contributed by atoms with Crippen LogP contribution in [0.3, 0.4) is 0 Å². The third kappa shape index (κ3) is 1.83. The first-order valence-electron chi connectivity index (χ1n) is 5.06. The van der Waals surface area contributed by atoms with E-state index in [0.29, 0.717) is 10.7 Å². The molecule has 0 fully saturated rings. The summed E-state index contributed by atoms with van der Waals surface area (Å²) in [7, 11) is 0. The second-order valence-electron chi connectivity index (χ2n) is 3.68. The van der Waals surface area contributed by atoms with Crippen molar-refractivity contribution in [1.82, 2.24) is 19.9 Å². The lowest BCUT2D eigenvalue weighted by Gasteiger charge is -2.02. The fourth-order valence-electron chi connectivity index (χ4n) is 1.74. The molecule has 0 saturated heterocycles. The quantitative estimate of drug-likeness (QED) is 0.721.